The molecule has 3 N–H and O–H groups in total. The molecule has 0 radical (unpaired) electrons. The zero-order chi connectivity index (χ0) is 37.6. The van der Waals surface area contributed by atoms with Crippen LogP contribution in [0.4, 0.5) is 29.1 Å². The van der Waals surface area contributed by atoms with Crippen molar-refractivity contribution in [3.05, 3.63) is 101 Å². The van der Waals surface area contributed by atoms with Gasteiger partial charge in [-0.3, -0.25) is 0 Å². The highest BCUT2D eigenvalue weighted by molar-refractivity contribution is 7.92. The van der Waals surface area contributed by atoms with Crippen LogP contribution in [0.1, 0.15) is 42.4 Å². The second-order valence-corrected chi connectivity index (χ2v) is 16.7. The summed E-state index contributed by atoms with van der Waals surface area (Å²) in [4.78, 5) is 7.25. The molecule has 1 unspecified atom stereocenters. The van der Waals surface area contributed by atoms with Crippen LogP contribution in [0.25, 0.3) is 0 Å². The Labute approximate surface area is 313 Å². The molecule has 2 saturated carbocycles. The summed E-state index contributed by atoms with van der Waals surface area (Å²) in [5.74, 6) is -0.866. The quantitative estimate of drug-likeness (QED) is 0.122. The fourth-order valence-corrected chi connectivity index (χ4v) is 9.96. The van der Waals surface area contributed by atoms with Gasteiger partial charge in [-0.1, -0.05) is 29.8 Å². The number of rotatable bonds is 10. The Bertz CT molecular complexity index is 2060. The fraction of sp³-hybridized carbons (Fsp3) is 0.371. The van der Waals surface area contributed by atoms with Gasteiger partial charge in [-0.2, -0.15) is 13.2 Å². The first-order valence-electron chi connectivity index (χ1n) is 16.1. The average molecular weight is 803 g/mol. The molecule has 0 spiro atoms. The van der Waals surface area contributed by atoms with Crippen LogP contribution in [0.15, 0.2) is 78.1 Å². The zero-order valence-corrected chi connectivity index (χ0v) is 30.9. The minimum Gasteiger partial charge on any atom is -0.497 e. The van der Waals surface area contributed by atoms with Crippen molar-refractivity contribution < 1.29 is 35.5 Å². The smallest absolute Gasteiger partial charge is 0.416 e. The summed E-state index contributed by atoms with van der Waals surface area (Å²) in [7, 11) is -1.76. The number of halogens is 7. The van der Waals surface area contributed by atoms with Crippen LogP contribution >= 0.6 is 34.8 Å². The number of nitrogens with one attached hydrogen (secondary N) is 1. The van der Waals surface area contributed by atoms with Gasteiger partial charge >= 0.3 is 6.18 Å². The third-order valence-corrected chi connectivity index (χ3v) is 13.0. The number of hydrogen-bond donors (Lipinski definition) is 2. The molecule has 4 aromatic rings. The van der Waals surface area contributed by atoms with Gasteiger partial charge in [0.2, 0.25) is 0 Å². The molecule has 0 bridgehead atoms. The monoisotopic (exact) mass is 801 g/mol. The van der Waals surface area contributed by atoms with Crippen LogP contribution in [-0.2, 0) is 28.2 Å². The zero-order valence-electron chi connectivity index (χ0n) is 27.8. The molecule has 2 aliphatic carbocycles. The van der Waals surface area contributed by atoms with E-state index in [1.54, 1.807) is 24.3 Å². The summed E-state index contributed by atoms with van der Waals surface area (Å²) in [5, 5.41) is 3.02. The summed E-state index contributed by atoms with van der Waals surface area (Å²) in [6, 6.07) is 12.0. The summed E-state index contributed by atoms with van der Waals surface area (Å²) in [6.07, 6.45) is -0.850. The molecular weight excluding hydrogens is 769 g/mol. The van der Waals surface area contributed by atoms with E-state index < -0.39 is 60.2 Å². The Morgan fingerprint density at radius 1 is 1.06 bits per heavy atom. The third-order valence-electron chi connectivity index (χ3n) is 10.0. The molecule has 3 aromatic carbocycles. The fourth-order valence-electron chi connectivity index (χ4n) is 7.42. The summed E-state index contributed by atoms with van der Waals surface area (Å²) < 4.78 is 95.8. The number of benzene rings is 3. The lowest BCUT2D eigenvalue weighted by Crippen LogP contribution is -2.55. The van der Waals surface area contributed by atoms with Crippen molar-refractivity contribution in [3.8, 4) is 11.5 Å². The minimum absolute atomic E-state index is 0.0368. The highest BCUT2D eigenvalue weighted by Crippen LogP contribution is 2.62. The average Bonchev–Trinajstić information content (AvgIpc) is 3.38. The molecule has 278 valence electrons. The van der Waals surface area contributed by atoms with Gasteiger partial charge in [0.25, 0.3) is 10.0 Å². The van der Waals surface area contributed by atoms with Crippen molar-refractivity contribution in [2.45, 2.75) is 65.1 Å². The number of ether oxygens (including phenoxy) is 2. The van der Waals surface area contributed by atoms with E-state index in [2.05, 4.69) is 15.3 Å². The molecule has 52 heavy (non-hydrogen) atoms. The molecule has 6 rings (SSSR count). The van der Waals surface area contributed by atoms with E-state index in [9.17, 15) is 21.6 Å². The molecular formula is C35H34Cl3F4N5O4S. The van der Waals surface area contributed by atoms with Gasteiger partial charge in [-0.05, 0) is 61.6 Å². The van der Waals surface area contributed by atoms with E-state index in [-0.39, 0.29) is 35.9 Å². The molecule has 0 amide bonds. The maximum atomic E-state index is 16.0. The van der Waals surface area contributed by atoms with Crippen LogP contribution in [0, 0.1) is 11.7 Å². The first-order chi connectivity index (χ1) is 24.5. The molecule has 9 nitrogen and oxygen atoms in total. The number of nitrogens with two attached hydrogens (primary N) is 1. The normalized spacial score (nSPS) is 22.8. The van der Waals surface area contributed by atoms with E-state index in [0.717, 1.165) is 34.9 Å². The minimum atomic E-state index is -4.66. The van der Waals surface area contributed by atoms with Crippen molar-refractivity contribution in [3.63, 3.8) is 0 Å². The Morgan fingerprint density at radius 3 is 2.50 bits per heavy atom. The molecule has 17 heteroatoms. The highest BCUT2D eigenvalue weighted by Gasteiger charge is 2.60. The van der Waals surface area contributed by atoms with Crippen molar-refractivity contribution in [2.24, 2.45) is 11.7 Å². The maximum Gasteiger partial charge on any atom is 0.416 e. The van der Waals surface area contributed by atoms with Crippen molar-refractivity contribution in [2.75, 3.05) is 23.8 Å². The number of anilines is 2. The molecule has 0 saturated heterocycles. The second-order valence-electron chi connectivity index (χ2n) is 12.9. The molecule has 1 aromatic heterocycles. The number of methoxy groups -OCH3 is 2. The van der Waals surface area contributed by atoms with Gasteiger partial charge < -0.3 is 20.5 Å². The Balaban J connectivity index is 1.30. The number of fused-ring (bicyclic) bond motifs is 1. The highest BCUT2D eigenvalue weighted by atomic mass is 35.5. The summed E-state index contributed by atoms with van der Waals surface area (Å²) in [5.41, 5.74) is 6.00. The van der Waals surface area contributed by atoms with Crippen LogP contribution in [0.2, 0.25) is 5.02 Å². The summed E-state index contributed by atoms with van der Waals surface area (Å²) in [6.45, 7) is -0.297. The topological polar surface area (TPSA) is 120 Å². The second kappa shape index (κ2) is 14.3. The van der Waals surface area contributed by atoms with E-state index >= 15 is 4.39 Å². The number of sulfonamides is 1. The molecule has 2 aliphatic rings. The number of hydrogen-bond acceptors (Lipinski definition) is 8. The lowest BCUT2D eigenvalue weighted by Gasteiger charge is -2.48. The van der Waals surface area contributed by atoms with Crippen LogP contribution < -0.4 is 24.8 Å². The maximum absolute atomic E-state index is 16.0. The first-order valence-corrected chi connectivity index (χ1v) is 18.6. The number of aromatic nitrogens is 2. The van der Waals surface area contributed by atoms with Gasteiger partial charge in [-0.25, -0.2) is 27.1 Å². The van der Waals surface area contributed by atoms with Gasteiger partial charge in [0.15, 0.2) is 0 Å². The van der Waals surface area contributed by atoms with Gasteiger partial charge in [-0.15, -0.1) is 23.2 Å². The standard InChI is InChI=1S/C35H34Cl3F4N5O4S/c1-50-23-7-6-20(29(13-23)51-2)18-47(32-8-11-44-19-45-32)52(48,49)30-14-24(36)27(15-25(30)39)46-28-16-31-33(17-26(28)43,9-10-34(31,37)38)21-4-3-5-22(12-21)35(40,41)42/h3-8,11-15,19,26,28,31,46H,9-10,16-18,43H2,1-2H3/t26-,28-,31?,33-/m0/s1. The van der Waals surface area contributed by atoms with Gasteiger partial charge in [0.05, 0.1) is 37.0 Å². The predicted molar refractivity (Wildman–Crippen MR) is 191 cm³/mol. The lowest BCUT2D eigenvalue weighted by atomic mass is 9.61. The Morgan fingerprint density at radius 2 is 1.83 bits per heavy atom. The predicted octanol–water partition coefficient (Wildman–Crippen LogP) is 8.12. The molecule has 0 aliphatic heterocycles. The lowest BCUT2D eigenvalue weighted by molar-refractivity contribution is -0.137. The number of alkyl halides is 5. The van der Waals surface area contributed by atoms with E-state index in [4.69, 9.17) is 50.0 Å². The van der Waals surface area contributed by atoms with E-state index in [1.807, 2.05) is 0 Å². The third kappa shape index (κ3) is 7.20. The largest absolute Gasteiger partial charge is 0.497 e. The number of nitrogens with zero attached hydrogens (tertiary/aromatic N) is 3. The van der Waals surface area contributed by atoms with Crippen LogP contribution in [-0.4, -0.2) is 49.0 Å². The van der Waals surface area contributed by atoms with Gasteiger partial charge in [0, 0.05) is 47.3 Å². The van der Waals surface area contributed by atoms with Crippen LogP contribution in [0.3, 0.4) is 0 Å². The molecule has 4 atom stereocenters. The van der Waals surface area contributed by atoms with Crippen molar-refractivity contribution >= 4 is 56.3 Å². The van der Waals surface area contributed by atoms with E-state index in [1.165, 1.54) is 32.5 Å². The van der Waals surface area contributed by atoms with Crippen molar-refractivity contribution in [1.29, 1.82) is 0 Å². The van der Waals surface area contributed by atoms with E-state index in [0.29, 0.717) is 35.5 Å². The Hall–Kier alpha value is -3.56. The SMILES string of the molecule is COc1ccc(CN(c2ccncn2)S(=O)(=O)c2cc(Cl)c(N[C@H]3CC4C(Cl)(Cl)CC[C@@]4(c4cccc(C(F)(F)F)c4)C[C@@H]3N)cc2F)c(OC)c1. The van der Waals surface area contributed by atoms with Crippen LogP contribution in [0.5, 0.6) is 11.5 Å². The summed E-state index contributed by atoms with van der Waals surface area (Å²) >= 11 is 20.3. The van der Waals surface area contributed by atoms with Crippen molar-refractivity contribution in [1.82, 2.24) is 9.97 Å². The first kappa shape index (κ1) is 38.2. The van der Waals surface area contributed by atoms with Gasteiger partial charge in [0.1, 0.15) is 38.7 Å². The molecule has 1 heterocycles. The molecule has 2 fully saturated rings. The Kier molecular flexibility index (Phi) is 10.5.